The van der Waals surface area contributed by atoms with Crippen LogP contribution in [0, 0.1) is 13.8 Å². The smallest absolute Gasteiger partial charge is 0.250 e. The van der Waals surface area contributed by atoms with E-state index in [1.54, 1.807) is 62.7 Å². The van der Waals surface area contributed by atoms with Crippen molar-refractivity contribution >= 4 is 23.9 Å². The van der Waals surface area contributed by atoms with Gasteiger partial charge in [0.05, 0.1) is 12.4 Å². The number of phenols is 2. The number of benzene rings is 2. The van der Waals surface area contributed by atoms with E-state index in [0.29, 0.717) is 51.6 Å². The minimum atomic E-state index is -0.320. The van der Waals surface area contributed by atoms with Crippen LogP contribution in [0.4, 0.5) is 0 Å². The molecule has 1 aliphatic carbocycles. The summed E-state index contributed by atoms with van der Waals surface area (Å²) in [4.78, 5) is 14.8. The van der Waals surface area contributed by atoms with Crippen LogP contribution in [0.15, 0.2) is 76.1 Å². The Balaban J connectivity index is 1.64. The van der Waals surface area contributed by atoms with E-state index in [4.69, 9.17) is 4.74 Å². The average Bonchev–Trinajstić information content (AvgIpc) is 3.60. The fourth-order valence-corrected chi connectivity index (χ4v) is 4.26. The predicted molar refractivity (Wildman–Crippen MR) is 155 cm³/mol. The summed E-state index contributed by atoms with van der Waals surface area (Å²) < 4.78 is 4.94. The third-order valence-corrected chi connectivity index (χ3v) is 6.26. The van der Waals surface area contributed by atoms with Crippen LogP contribution in [0.25, 0.3) is 5.57 Å². The van der Waals surface area contributed by atoms with Crippen LogP contribution in [-0.2, 0) is 9.53 Å². The van der Waals surface area contributed by atoms with Gasteiger partial charge in [0.1, 0.15) is 18.1 Å². The summed E-state index contributed by atoms with van der Waals surface area (Å²) in [6, 6.07) is 9.93. The monoisotopic (exact) mass is 581 g/mol. The van der Waals surface area contributed by atoms with Gasteiger partial charge in [-0.3, -0.25) is 4.79 Å². The second-order valence-electron chi connectivity index (χ2n) is 9.36. The van der Waals surface area contributed by atoms with Crippen molar-refractivity contribution in [2.45, 2.75) is 20.3 Å². The van der Waals surface area contributed by atoms with E-state index < -0.39 is 0 Å². The lowest BCUT2D eigenvalue weighted by Crippen LogP contribution is -2.26. The van der Waals surface area contributed by atoms with Crippen molar-refractivity contribution in [3.05, 3.63) is 99.8 Å². The minimum absolute atomic E-state index is 0.0334. The van der Waals surface area contributed by atoms with Gasteiger partial charge in [-0.05, 0) is 112 Å². The molecule has 0 saturated heterocycles. The zero-order valence-corrected chi connectivity index (χ0v) is 23.4. The van der Waals surface area contributed by atoms with Gasteiger partial charge in [0.2, 0.25) is 5.91 Å². The lowest BCUT2D eigenvalue weighted by molar-refractivity contribution is -0.123. The van der Waals surface area contributed by atoms with E-state index in [1.165, 1.54) is 28.8 Å². The molecule has 43 heavy (non-hydrogen) atoms. The van der Waals surface area contributed by atoms with Crippen LogP contribution >= 0.6 is 0 Å². The highest BCUT2D eigenvalue weighted by atomic mass is 16.5. The summed E-state index contributed by atoms with van der Waals surface area (Å²) in [7, 11) is 1.44. The molecular formula is C28H27N11O4. The second kappa shape index (κ2) is 12.8. The van der Waals surface area contributed by atoms with Crippen molar-refractivity contribution in [1.82, 2.24) is 45.9 Å². The number of rotatable bonds is 9. The van der Waals surface area contributed by atoms with E-state index in [2.05, 4.69) is 46.6 Å². The first-order valence-corrected chi connectivity index (χ1v) is 13.0. The van der Waals surface area contributed by atoms with Crippen molar-refractivity contribution in [3.8, 4) is 11.5 Å². The van der Waals surface area contributed by atoms with Crippen LogP contribution < -0.4 is 5.32 Å². The minimum Gasteiger partial charge on any atom is -0.507 e. The summed E-state index contributed by atoms with van der Waals surface area (Å²) in [5.74, 6) is 0.614. The first-order valence-electron chi connectivity index (χ1n) is 13.0. The average molecular weight is 582 g/mol. The molecular weight excluding hydrogens is 554 g/mol. The number of ether oxygens (including phenoxy) is 1. The van der Waals surface area contributed by atoms with Gasteiger partial charge < -0.3 is 20.3 Å². The third kappa shape index (κ3) is 6.74. The van der Waals surface area contributed by atoms with Crippen molar-refractivity contribution in [2.75, 3.05) is 13.7 Å². The molecule has 2 heterocycles. The molecule has 4 aromatic rings. The summed E-state index contributed by atoms with van der Waals surface area (Å²) >= 11 is 0. The Hall–Kier alpha value is -5.83. The largest absolute Gasteiger partial charge is 0.507 e. The Labute approximate surface area is 245 Å². The Morgan fingerprint density at radius 2 is 1.51 bits per heavy atom. The molecule has 3 N–H and O–H groups in total. The lowest BCUT2D eigenvalue weighted by Gasteiger charge is -2.19. The molecule has 15 nitrogen and oxygen atoms in total. The molecule has 0 spiro atoms. The van der Waals surface area contributed by atoms with E-state index >= 15 is 0 Å². The molecule has 0 atom stereocenters. The molecule has 1 amide bonds. The maximum atomic E-state index is 12.2. The number of hydrogen-bond donors (Lipinski definition) is 3. The van der Waals surface area contributed by atoms with Gasteiger partial charge in [0, 0.05) is 23.9 Å². The molecule has 2 aromatic heterocycles. The first kappa shape index (κ1) is 28.7. The predicted octanol–water partition coefficient (Wildman–Crippen LogP) is 1.86. The number of carbonyl (C=O) groups is 1. The molecule has 0 bridgehead atoms. The van der Waals surface area contributed by atoms with E-state index in [0.717, 1.165) is 5.57 Å². The Morgan fingerprint density at radius 3 is 2.00 bits per heavy atom. The topological polar surface area (TPSA) is 191 Å². The van der Waals surface area contributed by atoms with Crippen molar-refractivity contribution in [2.24, 2.45) is 10.2 Å². The van der Waals surface area contributed by atoms with Crippen molar-refractivity contribution < 1.29 is 19.7 Å². The first-order chi connectivity index (χ1) is 20.8. The number of aromatic nitrogens is 8. The molecule has 1 aliphatic rings. The maximum absolute atomic E-state index is 12.2. The number of phenolic OH excluding ortho intramolecular Hbond substituents is 2. The quantitative estimate of drug-likeness (QED) is 0.246. The highest BCUT2D eigenvalue weighted by molar-refractivity contribution is 5.93. The number of amides is 1. The van der Waals surface area contributed by atoms with E-state index in [9.17, 15) is 15.0 Å². The molecule has 15 heteroatoms. The summed E-state index contributed by atoms with van der Waals surface area (Å²) in [5.41, 5.74) is 3.88. The van der Waals surface area contributed by atoms with Gasteiger partial charge in [-0.2, -0.15) is 10.2 Å². The molecule has 5 rings (SSSR count). The fraction of sp³-hybridized carbons (Fsp3) is 0.179. The van der Waals surface area contributed by atoms with Crippen molar-refractivity contribution in [3.63, 3.8) is 0 Å². The molecule has 218 valence electrons. The van der Waals surface area contributed by atoms with E-state index in [-0.39, 0.29) is 24.0 Å². The zero-order chi connectivity index (χ0) is 30.3. The standard InChI is InChI=1S/C28H27N11O4/c1-17-32-34-36-38(17)29-14-19-7-9-25(40)23(11-19)28(21-5-4-6-22(13-21)31-27(42)16-43-3)24-12-20(8-10-26(24)41)15-30-39-18(2)33-35-37-39/h4,6-15,40-41H,5,16H2,1-3H3,(H,31,42)/b29-14+,30-15+. The number of nitrogens with one attached hydrogen (secondary N) is 1. The molecule has 0 fully saturated rings. The number of nitrogens with zero attached hydrogens (tertiary/aromatic N) is 10. The molecule has 0 aliphatic heterocycles. The SMILES string of the molecule is COCC(=O)NC1=CC(=C(c2cc(/C=N/n3nnnc3C)ccc2O)c2cc(/C=N/n3nnnc3C)ccc2O)CC=C1. The number of allylic oxidation sites excluding steroid dienone is 4. The Morgan fingerprint density at radius 1 is 0.953 bits per heavy atom. The van der Waals surface area contributed by atoms with Gasteiger partial charge in [-0.1, -0.05) is 6.08 Å². The number of aryl methyl sites for hydroxylation is 2. The second-order valence-corrected chi connectivity index (χ2v) is 9.36. The highest BCUT2D eigenvalue weighted by Crippen LogP contribution is 2.40. The maximum Gasteiger partial charge on any atom is 0.250 e. The van der Waals surface area contributed by atoms with Crippen molar-refractivity contribution in [1.29, 1.82) is 0 Å². The van der Waals surface area contributed by atoms with Crippen LogP contribution in [0.2, 0.25) is 0 Å². The van der Waals surface area contributed by atoms with Gasteiger partial charge in [-0.15, -0.1) is 19.8 Å². The lowest BCUT2D eigenvalue weighted by atomic mass is 9.87. The Kier molecular flexibility index (Phi) is 8.53. The molecule has 2 aromatic carbocycles. The summed E-state index contributed by atoms with van der Waals surface area (Å²) in [5, 5.41) is 56.1. The van der Waals surface area contributed by atoms with E-state index in [1.807, 2.05) is 6.08 Å². The molecule has 0 saturated carbocycles. The highest BCUT2D eigenvalue weighted by Gasteiger charge is 2.20. The zero-order valence-electron chi connectivity index (χ0n) is 23.4. The Bertz CT molecular complexity index is 1710. The number of tetrazole rings is 2. The van der Waals surface area contributed by atoms with Gasteiger partial charge in [0.25, 0.3) is 0 Å². The van der Waals surface area contributed by atoms with Crippen LogP contribution in [0.5, 0.6) is 11.5 Å². The van der Waals surface area contributed by atoms with Crippen LogP contribution in [0.3, 0.4) is 0 Å². The van der Waals surface area contributed by atoms with Gasteiger partial charge in [-0.25, -0.2) is 0 Å². The molecule has 0 unspecified atom stereocenters. The fourth-order valence-electron chi connectivity index (χ4n) is 4.26. The summed E-state index contributed by atoms with van der Waals surface area (Å²) in [6.45, 7) is 3.32. The molecule has 0 radical (unpaired) electrons. The normalized spacial score (nSPS) is 13.2. The summed E-state index contributed by atoms with van der Waals surface area (Å²) in [6.07, 6.45) is 9.01. The number of methoxy groups -OCH3 is 1. The van der Waals surface area contributed by atoms with Crippen LogP contribution in [0.1, 0.15) is 40.3 Å². The van der Waals surface area contributed by atoms with Gasteiger partial charge >= 0.3 is 0 Å². The number of carbonyl (C=O) groups excluding carboxylic acids is 1. The van der Waals surface area contributed by atoms with Crippen LogP contribution in [-0.4, -0.2) is 82.9 Å². The van der Waals surface area contributed by atoms with Gasteiger partial charge in [0.15, 0.2) is 11.6 Å². The third-order valence-electron chi connectivity index (χ3n) is 6.26. The number of aromatic hydroxyl groups is 2. The number of hydrogen-bond acceptors (Lipinski definition) is 12.